The van der Waals surface area contributed by atoms with Crippen molar-refractivity contribution in [2.24, 2.45) is 5.92 Å². The third kappa shape index (κ3) is 4.13. The van der Waals surface area contributed by atoms with Gasteiger partial charge in [-0.15, -0.1) is 0 Å². The number of rotatable bonds is 6. The molecule has 0 aromatic heterocycles. The topological polar surface area (TPSA) is 128 Å². The smallest absolute Gasteiger partial charge is 0.262 e. The minimum Gasteiger partial charge on any atom is -0.389 e. The van der Waals surface area contributed by atoms with Crippen LogP contribution in [0, 0.1) is 5.92 Å². The molecular formula is C22H28N4O5. The molecular weight excluding hydrogens is 400 g/mol. The van der Waals surface area contributed by atoms with Crippen LogP contribution in [-0.2, 0) is 16.1 Å². The minimum absolute atomic E-state index is 0.0873. The summed E-state index contributed by atoms with van der Waals surface area (Å²) < 4.78 is 0. The number of carbonyl (C=O) groups excluding carboxylic acids is 4. The van der Waals surface area contributed by atoms with E-state index in [0.717, 1.165) is 30.8 Å². The first kappa shape index (κ1) is 21.6. The van der Waals surface area contributed by atoms with Crippen LogP contribution in [0.5, 0.6) is 0 Å². The van der Waals surface area contributed by atoms with Crippen molar-refractivity contribution >= 4 is 23.6 Å². The highest BCUT2D eigenvalue weighted by Gasteiger charge is 2.45. The Balaban J connectivity index is 1.47. The van der Waals surface area contributed by atoms with Crippen molar-refractivity contribution in [3.63, 3.8) is 0 Å². The summed E-state index contributed by atoms with van der Waals surface area (Å²) in [6, 6.07) is 4.08. The van der Waals surface area contributed by atoms with Crippen LogP contribution in [0.1, 0.15) is 58.9 Å². The van der Waals surface area contributed by atoms with Gasteiger partial charge in [-0.1, -0.05) is 12.1 Å². The first-order chi connectivity index (χ1) is 14.8. The fraction of sp³-hybridized carbons (Fsp3) is 0.545. The van der Waals surface area contributed by atoms with Gasteiger partial charge < -0.3 is 15.7 Å². The third-order valence-electron chi connectivity index (χ3n) is 6.57. The van der Waals surface area contributed by atoms with E-state index < -0.39 is 35.3 Å². The molecule has 3 aliphatic rings. The van der Waals surface area contributed by atoms with Crippen LogP contribution < -0.4 is 16.0 Å². The van der Waals surface area contributed by atoms with Crippen LogP contribution in [0.25, 0.3) is 0 Å². The number of hydrogen-bond acceptors (Lipinski definition) is 7. The number of piperidine rings is 2. The van der Waals surface area contributed by atoms with E-state index in [9.17, 15) is 24.3 Å². The Kier molecular flexibility index (Phi) is 5.92. The molecule has 2 atom stereocenters. The second-order valence-electron chi connectivity index (χ2n) is 8.77. The number of imide groups is 2. The van der Waals surface area contributed by atoms with Crippen LogP contribution in [0.2, 0.25) is 0 Å². The predicted molar refractivity (Wildman–Crippen MR) is 111 cm³/mol. The SMILES string of the molecule is CC(O)(CNCc1cccc2c1C(=O)N(C1CCC(=O)NC1=O)C2=O)C1CCNCC1. The number of hydrogen-bond donors (Lipinski definition) is 4. The first-order valence-electron chi connectivity index (χ1n) is 10.8. The Labute approximate surface area is 180 Å². The molecule has 2 saturated heterocycles. The van der Waals surface area contributed by atoms with Gasteiger partial charge in [0.15, 0.2) is 0 Å². The molecule has 0 aliphatic carbocycles. The lowest BCUT2D eigenvalue weighted by Crippen LogP contribution is -2.54. The van der Waals surface area contributed by atoms with Gasteiger partial charge in [0.2, 0.25) is 11.8 Å². The van der Waals surface area contributed by atoms with Gasteiger partial charge in [-0.3, -0.25) is 29.4 Å². The molecule has 0 saturated carbocycles. The Hall–Kier alpha value is -2.62. The van der Waals surface area contributed by atoms with E-state index in [-0.39, 0.29) is 29.9 Å². The largest absolute Gasteiger partial charge is 0.389 e. The van der Waals surface area contributed by atoms with Crippen LogP contribution in [0.4, 0.5) is 0 Å². The fourth-order valence-electron chi connectivity index (χ4n) is 4.77. The van der Waals surface area contributed by atoms with Gasteiger partial charge in [0.1, 0.15) is 6.04 Å². The zero-order chi connectivity index (χ0) is 22.2. The first-order valence-corrected chi connectivity index (χ1v) is 10.8. The van der Waals surface area contributed by atoms with E-state index in [2.05, 4.69) is 16.0 Å². The number of nitrogens with one attached hydrogen (secondary N) is 3. The molecule has 3 heterocycles. The maximum Gasteiger partial charge on any atom is 0.262 e. The number of amides is 4. The zero-order valence-electron chi connectivity index (χ0n) is 17.6. The zero-order valence-corrected chi connectivity index (χ0v) is 17.6. The number of aliphatic hydroxyl groups is 1. The van der Waals surface area contributed by atoms with Crippen molar-refractivity contribution in [2.75, 3.05) is 19.6 Å². The molecule has 0 bridgehead atoms. The van der Waals surface area contributed by atoms with Crippen LogP contribution in [0.15, 0.2) is 18.2 Å². The third-order valence-corrected chi connectivity index (χ3v) is 6.57. The van der Waals surface area contributed by atoms with Gasteiger partial charge >= 0.3 is 0 Å². The summed E-state index contributed by atoms with van der Waals surface area (Å²) >= 11 is 0. The van der Waals surface area contributed by atoms with Gasteiger partial charge in [0.05, 0.1) is 16.7 Å². The highest BCUT2D eigenvalue weighted by molar-refractivity contribution is 6.24. The van der Waals surface area contributed by atoms with Crippen molar-refractivity contribution in [3.05, 3.63) is 34.9 Å². The Bertz CT molecular complexity index is 922. The number of carbonyl (C=O) groups is 4. The molecule has 31 heavy (non-hydrogen) atoms. The summed E-state index contributed by atoms with van der Waals surface area (Å²) in [5.41, 5.74) is 0.315. The highest BCUT2D eigenvalue weighted by atomic mass is 16.3. The molecule has 9 heteroatoms. The lowest BCUT2D eigenvalue weighted by Gasteiger charge is -2.36. The van der Waals surface area contributed by atoms with E-state index in [1.807, 2.05) is 6.92 Å². The summed E-state index contributed by atoms with van der Waals surface area (Å²) in [6.45, 7) is 4.28. The summed E-state index contributed by atoms with van der Waals surface area (Å²) in [4.78, 5) is 50.6. The Morgan fingerprint density at radius 3 is 2.58 bits per heavy atom. The quantitative estimate of drug-likeness (QED) is 0.467. The lowest BCUT2D eigenvalue weighted by molar-refractivity contribution is -0.136. The normalized spacial score (nSPS) is 24.2. The maximum absolute atomic E-state index is 13.1. The highest BCUT2D eigenvalue weighted by Crippen LogP contribution is 2.30. The second kappa shape index (κ2) is 8.49. The molecule has 9 nitrogen and oxygen atoms in total. The standard InChI is InChI=1S/C22H28N4O5/c1-22(31,14-7-9-23-10-8-14)12-24-11-13-3-2-4-15-18(13)21(30)26(20(15)29)16-5-6-17(27)25-19(16)28/h2-4,14,16,23-24,31H,5-12H2,1H3,(H,25,27,28). The predicted octanol–water partition coefficient (Wildman–Crippen LogP) is -0.0720. The van der Waals surface area contributed by atoms with Gasteiger partial charge in [-0.05, 0) is 56.8 Å². The van der Waals surface area contributed by atoms with Gasteiger partial charge in [-0.25, -0.2) is 0 Å². The maximum atomic E-state index is 13.1. The molecule has 2 unspecified atom stereocenters. The van der Waals surface area contributed by atoms with E-state index >= 15 is 0 Å². The second-order valence-corrected chi connectivity index (χ2v) is 8.77. The van der Waals surface area contributed by atoms with E-state index in [0.29, 0.717) is 18.7 Å². The molecule has 1 aromatic carbocycles. The molecule has 4 rings (SSSR count). The average molecular weight is 428 g/mol. The van der Waals surface area contributed by atoms with E-state index in [1.165, 1.54) is 0 Å². The Morgan fingerprint density at radius 1 is 1.13 bits per heavy atom. The van der Waals surface area contributed by atoms with Crippen molar-refractivity contribution in [3.8, 4) is 0 Å². The summed E-state index contributed by atoms with van der Waals surface area (Å²) in [5, 5.41) is 19.6. The van der Waals surface area contributed by atoms with Crippen molar-refractivity contribution in [1.82, 2.24) is 20.9 Å². The van der Waals surface area contributed by atoms with Gasteiger partial charge in [0, 0.05) is 19.5 Å². The minimum atomic E-state index is -0.980. The molecule has 4 amide bonds. The van der Waals surface area contributed by atoms with E-state index in [1.54, 1.807) is 18.2 Å². The van der Waals surface area contributed by atoms with Crippen LogP contribution in [0.3, 0.4) is 0 Å². The summed E-state index contributed by atoms with van der Waals surface area (Å²) in [6.07, 6.45) is 2.03. The summed E-state index contributed by atoms with van der Waals surface area (Å²) in [7, 11) is 0. The number of fused-ring (bicyclic) bond motifs is 1. The molecule has 0 spiro atoms. The molecule has 166 valence electrons. The van der Waals surface area contributed by atoms with Crippen LogP contribution in [-0.4, -0.2) is 64.9 Å². The monoisotopic (exact) mass is 428 g/mol. The molecule has 1 aromatic rings. The molecule has 3 aliphatic heterocycles. The van der Waals surface area contributed by atoms with Crippen molar-refractivity contribution in [2.45, 2.75) is 50.8 Å². The van der Waals surface area contributed by atoms with Gasteiger partial charge in [-0.2, -0.15) is 0 Å². The molecule has 0 radical (unpaired) electrons. The number of benzene rings is 1. The van der Waals surface area contributed by atoms with E-state index in [4.69, 9.17) is 0 Å². The lowest BCUT2D eigenvalue weighted by atomic mass is 9.82. The number of nitrogens with zero attached hydrogens (tertiary/aromatic N) is 1. The van der Waals surface area contributed by atoms with Gasteiger partial charge in [0.25, 0.3) is 11.8 Å². The van der Waals surface area contributed by atoms with Crippen molar-refractivity contribution < 1.29 is 24.3 Å². The Morgan fingerprint density at radius 2 is 1.87 bits per heavy atom. The molecule has 4 N–H and O–H groups in total. The van der Waals surface area contributed by atoms with Crippen molar-refractivity contribution in [1.29, 1.82) is 0 Å². The fourth-order valence-corrected chi connectivity index (χ4v) is 4.77. The average Bonchev–Trinajstić information content (AvgIpc) is 3.00. The summed E-state index contributed by atoms with van der Waals surface area (Å²) in [5.74, 6) is -1.86. The molecule has 2 fully saturated rings. The van der Waals surface area contributed by atoms with Crippen LogP contribution >= 0.6 is 0 Å².